The lowest BCUT2D eigenvalue weighted by atomic mass is 9.84. The maximum Gasteiger partial charge on any atom is 0.256 e. The third-order valence-electron chi connectivity index (χ3n) is 16.2. The third-order valence-corrected chi connectivity index (χ3v) is 16.9. The number of aromatic nitrogens is 8. The number of rotatable bonds is 11. The second kappa shape index (κ2) is 23.3. The lowest BCUT2D eigenvalue weighted by Crippen LogP contribution is -2.23. The quantitative estimate of drug-likeness (QED) is 0.0816. The second-order valence-electron chi connectivity index (χ2n) is 21.1. The molecule has 10 atom stereocenters. The summed E-state index contributed by atoms with van der Waals surface area (Å²) >= 11 is 7.22. The zero-order valence-electron chi connectivity index (χ0n) is 45.0. The van der Waals surface area contributed by atoms with Crippen molar-refractivity contribution in [3.8, 4) is 11.5 Å². The molecule has 0 radical (unpaired) electrons. The average molecular weight is 1100 g/mol. The van der Waals surface area contributed by atoms with Crippen molar-refractivity contribution in [2.45, 2.75) is 82.1 Å². The molecule has 18 heteroatoms. The number of carbonyl (C=O) groups excluding carboxylic acids is 2. The highest BCUT2D eigenvalue weighted by Crippen LogP contribution is 2.50. The van der Waals surface area contributed by atoms with Crippen LogP contribution in [-0.4, -0.2) is 88.5 Å². The molecular formula is C62H63ClN10O7. The molecule has 2 amide bonds. The number of carbonyl (C=O) groups is 2. The van der Waals surface area contributed by atoms with E-state index in [9.17, 15) is 14.7 Å². The van der Waals surface area contributed by atoms with Crippen LogP contribution in [0.3, 0.4) is 0 Å². The molecule has 3 N–H and O–H groups in total. The van der Waals surface area contributed by atoms with E-state index in [2.05, 4.69) is 61.3 Å². The molecule has 2 saturated heterocycles. The fourth-order valence-corrected chi connectivity index (χ4v) is 12.4. The number of methoxy groups -OCH3 is 2. The minimum atomic E-state index is -0.778. The van der Waals surface area contributed by atoms with Gasteiger partial charge in [0.05, 0.1) is 45.2 Å². The monoisotopic (exact) mass is 1090 g/mol. The summed E-state index contributed by atoms with van der Waals surface area (Å²) in [4.78, 5) is 50.3. The zero-order chi connectivity index (χ0) is 55.5. The van der Waals surface area contributed by atoms with Crippen LogP contribution in [0.4, 0.5) is 11.6 Å². The molecule has 0 unspecified atom stereocenters. The number of nitrogens with one attached hydrogen (secondary N) is 2. The molecule has 80 heavy (non-hydrogen) atoms. The normalized spacial score (nSPS) is 23.7. The Hall–Kier alpha value is -8.09. The molecule has 410 valence electrons. The van der Waals surface area contributed by atoms with Gasteiger partial charge in [0.2, 0.25) is 0 Å². The van der Waals surface area contributed by atoms with Gasteiger partial charge in [-0.05, 0) is 120 Å². The second-order valence-corrected chi connectivity index (χ2v) is 21.7. The number of imidazole rings is 2. The number of nitrogens with zero attached hydrogens (tertiary/aromatic N) is 8. The number of anilines is 2. The fourth-order valence-electron chi connectivity index (χ4n) is 12.1. The molecule has 2 aliphatic carbocycles. The van der Waals surface area contributed by atoms with Gasteiger partial charge in [-0.3, -0.25) is 18.7 Å². The van der Waals surface area contributed by atoms with Crippen LogP contribution in [0.5, 0.6) is 11.5 Å². The van der Waals surface area contributed by atoms with E-state index in [1.807, 2.05) is 124 Å². The lowest BCUT2D eigenvalue weighted by molar-refractivity contribution is -0.0525. The van der Waals surface area contributed by atoms with Crippen molar-refractivity contribution in [2.75, 3.05) is 24.9 Å². The van der Waals surface area contributed by atoms with Gasteiger partial charge in [-0.15, -0.1) is 11.6 Å². The molecule has 2 saturated carbocycles. The smallest absolute Gasteiger partial charge is 0.256 e. The highest BCUT2D eigenvalue weighted by Gasteiger charge is 2.49. The van der Waals surface area contributed by atoms with Gasteiger partial charge in [0, 0.05) is 11.1 Å². The zero-order valence-corrected chi connectivity index (χ0v) is 45.8. The molecule has 4 aliphatic rings. The van der Waals surface area contributed by atoms with Crippen molar-refractivity contribution in [2.24, 2.45) is 29.6 Å². The highest BCUT2D eigenvalue weighted by atomic mass is 35.5. The van der Waals surface area contributed by atoms with Crippen molar-refractivity contribution in [1.82, 2.24) is 39.0 Å². The number of benzene rings is 5. The van der Waals surface area contributed by atoms with E-state index in [-0.39, 0.29) is 30.4 Å². The molecule has 13 rings (SSSR count). The van der Waals surface area contributed by atoms with E-state index in [0.29, 0.717) is 80.8 Å². The Bertz CT molecular complexity index is 3330. The number of alkyl halides is 1. The first kappa shape index (κ1) is 53.9. The number of fused-ring (bicyclic) bond motifs is 4. The maximum absolute atomic E-state index is 12.5. The first-order valence-corrected chi connectivity index (χ1v) is 27.4. The first-order chi connectivity index (χ1) is 38.9. The SMILES string of the molecule is COc1ccc(C(Cl)(c2ccccc2)c2ccc(OC)cc2)cc1.C[C@@H]1C[C@@H](C)[C@H]2O[C@@H](n3cnc4c(NC(=O)c5ccccc5)ncnc43)C[C@H]21.C[C@@H]1C[C@@H](O)[C@H]2O[C@@H](n3cnc4c(NC(=O)c5ccccc5)ncnc43)C[C@H]21. The van der Waals surface area contributed by atoms with Gasteiger partial charge in [-0.1, -0.05) is 112 Å². The van der Waals surface area contributed by atoms with Crippen molar-refractivity contribution in [3.05, 3.63) is 193 Å². The minimum absolute atomic E-state index is 0.0715. The summed E-state index contributed by atoms with van der Waals surface area (Å²) in [5, 5.41) is 15.9. The van der Waals surface area contributed by atoms with Crippen LogP contribution in [-0.2, 0) is 14.3 Å². The minimum Gasteiger partial charge on any atom is -0.497 e. The Balaban J connectivity index is 0.000000127. The Morgan fingerprint density at radius 3 is 1.39 bits per heavy atom. The van der Waals surface area contributed by atoms with Crippen LogP contribution in [0.15, 0.2) is 165 Å². The van der Waals surface area contributed by atoms with Crippen molar-refractivity contribution < 1.29 is 33.6 Å². The van der Waals surface area contributed by atoms with Crippen LogP contribution in [0.2, 0.25) is 0 Å². The number of halogens is 1. The Morgan fingerprint density at radius 2 is 0.950 bits per heavy atom. The van der Waals surface area contributed by atoms with Gasteiger partial charge in [-0.2, -0.15) is 0 Å². The van der Waals surface area contributed by atoms with E-state index in [1.165, 1.54) is 19.1 Å². The predicted molar refractivity (Wildman–Crippen MR) is 304 cm³/mol. The molecule has 17 nitrogen and oxygen atoms in total. The Labute approximate surface area is 468 Å². The first-order valence-electron chi connectivity index (χ1n) is 27.0. The fraction of sp³-hybridized carbons (Fsp3) is 0.323. The van der Waals surface area contributed by atoms with Crippen LogP contribution >= 0.6 is 11.6 Å². The number of amides is 2. The summed E-state index contributed by atoms with van der Waals surface area (Å²) in [6.45, 7) is 6.75. The van der Waals surface area contributed by atoms with Crippen molar-refractivity contribution in [1.29, 1.82) is 0 Å². The van der Waals surface area contributed by atoms with Crippen molar-refractivity contribution in [3.63, 3.8) is 0 Å². The number of aliphatic hydroxyl groups excluding tert-OH is 1. The standard InChI is InChI=1S/C21H19ClO2.C21H23N5O2.C20H21N5O3/c1-23-19-12-8-17(9-13-19)21(22,16-6-4-3-5-7-16)18-10-14-20(24-2)15-11-18;1-12-8-13(2)18-15(12)9-16(28-18)26-11-24-17-19(22-10-23-20(17)26)25-21(27)14-6-4-3-5-7-14;1-11-7-14(26)17-13(11)8-15(28-17)25-10-23-16-18(21-9-22-19(16)25)24-20(27)12-5-3-2-4-6-12/h3-15H,1-2H3;3-7,10-13,15-16,18H,8-9H2,1-2H3,(H,22,23,25,27);2-6,9-11,13-15,17,26H,7-8H2,1H3,(H,21,22,24,27)/t;12-,13-,15+,16-,18-;11-,13+,14-,15-,17+/m.11/s1. The van der Waals surface area contributed by atoms with E-state index < -0.39 is 11.0 Å². The van der Waals surface area contributed by atoms with Gasteiger partial charge in [0.25, 0.3) is 11.8 Å². The van der Waals surface area contributed by atoms with Gasteiger partial charge in [0.1, 0.15) is 41.5 Å². The molecule has 2 aliphatic heterocycles. The topological polar surface area (TPSA) is 203 Å². The van der Waals surface area contributed by atoms with E-state index in [1.54, 1.807) is 51.1 Å². The van der Waals surface area contributed by atoms with Crippen LogP contribution in [0.1, 0.15) is 96.3 Å². The summed E-state index contributed by atoms with van der Waals surface area (Å²) in [5.41, 5.74) is 6.49. The molecule has 4 fully saturated rings. The maximum atomic E-state index is 12.5. The van der Waals surface area contributed by atoms with Crippen LogP contribution in [0.25, 0.3) is 22.3 Å². The molecule has 4 aromatic heterocycles. The van der Waals surface area contributed by atoms with E-state index in [4.69, 9.17) is 30.5 Å². The van der Waals surface area contributed by atoms with Gasteiger partial charge in [0.15, 0.2) is 34.0 Å². The summed E-state index contributed by atoms with van der Waals surface area (Å²) in [7, 11) is 3.31. The van der Waals surface area contributed by atoms with E-state index >= 15 is 0 Å². The number of hydrogen-bond donors (Lipinski definition) is 3. The van der Waals surface area contributed by atoms with Gasteiger partial charge >= 0.3 is 0 Å². The molecule has 6 heterocycles. The highest BCUT2D eigenvalue weighted by molar-refractivity contribution is 6.28. The molecular weight excluding hydrogens is 1030 g/mol. The molecule has 5 aromatic carbocycles. The molecule has 9 aromatic rings. The number of aliphatic hydroxyl groups is 1. The lowest BCUT2D eigenvalue weighted by Gasteiger charge is -2.29. The van der Waals surface area contributed by atoms with Crippen LogP contribution < -0.4 is 20.1 Å². The third kappa shape index (κ3) is 10.7. The summed E-state index contributed by atoms with van der Waals surface area (Å²) in [6, 6.07) is 43.8. The van der Waals surface area contributed by atoms with Gasteiger partial charge < -0.3 is 34.7 Å². The summed E-state index contributed by atoms with van der Waals surface area (Å²) < 4.78 is 26.9. The number of hydrogen-bond acceptors (Lipinski definition) is 13. The molecule has 0 spiro atoms. The van der Waals surface area contributed by atoms with Crippen LogP contribution in [0, 0.1) is 29.6 Å². The summed E-state index contributed by atoms with van der Waals surface area (Å²) in [5.74, 6) is 4.51. The predicted octanol–water partition coefficient (Wildman–Crippen LogP) is 11.3. The molecule has 0 bridgehead atoms. The Morgan fingerprint density at radius 1 is 0.537 bits per heavy atom. The van der Waals surface area contributed by atoms with Gasteiger partial charge in [-0.25, -0.2) is 29.9 Å². The Kier molecular flexibility index (Phi) is 15.7. The largest absolute Gasteiger partial charge is 0.497 e. The number of ether oxygens (including phenoxy) is 4. The van der Waals surface area contributed by atoms with E-state index in [0.717, 1.165) is 47.5 Å². The van der Waals surface area contributed by atoms with Crippen molar-refractivity contribution >= 4 is 57.4 Å². The summed E-state index contributed by atoms with van der Waals surface area (Å²) in [6.07, 6.45) is 9.51. The average Bonchev–Trinajstić information content (AvgIpc) is 4.51.